The maximum absolute atomic E-state index is 13.1. The molecular weight excluding hydrogens is 217 g/mol. The van der Waals surface area contributed by atoms with Crippen molar-refractivity contribution in [3.63, 3.8) is 0 Å². The van der Waals surface area contributed by atoms with E-state index < -0.39 is 29.1 Å². The SMILES string of the molecule is C=Cc1cc(F)c(C(F)(F)F)c(F)c1N. The Kier molecular flexibility index (Phi) is 2.70. The van der Waals surface area contributed by atoms with Crippen molar-refractivity contribution in [2.45, 2.75) is 6.18 Å². The molecule has 6 heteroatoms. The number of halogens is 5. The zero-order valence-electron chi connectivity index (χ0n) is 7.33. The molecule has 0 atom stereocenters. The summed E-state index contributed by atoms with van der Waals surface area (Å²) in [5.74, 6) is -3.51. The van der Waals surface area contributed by atoms with Crippen molar-refractivity contribution >= 4 is 11.8 Å². The maximum Gasteiger partial charge on any atom is 0.422 e. The molecule has 15 heavy (non-hydrogen) atoms. The third-order valence-electron chi connectivity index (χ3n) is 1.79. The van der Waals surface area contributed by atoms with Crippen LogP contribution in [0.5, 0.6) is 0 Å². The van der Waals surface area contributed by atoms with Crippen LogP contribution in [0.15, 0.2) is 12.6 Å². The fourth-order valence-electron chi connectivity index (χ4n) is 1.08. The lowest BCUT2D eigenvalue weighted by molar-refractivity contribution is -0.142. The van der Waals surface area contributed by atoms with Crippen molar-refractivity contribution in [2.75, 3.05) is 5.73 Å². The number of nitrogen functional groups attached to an aromatic ring is 1. The second-order valence-electron chi connectivity index (χ2n) is 2.75. The minimum atomic E-state index is -5.11. The highest BCUT2D eigenvalue weighted by Gasteiger charge is 2.39. The third kappa shape index (κ3) is 1.93. The molecule has 1 rings (SSSR count). The van der Waals surface area contributed by atoms with Crippen LogP contribution >= 0.6 is 0 Å². The summed E-state index contributed by atoms with van der Waals surface area (Å²) >= 11 is 0. The number of rotatable bonds is 1. The number of benzene rings is 1. The summed E-state index contributed by atoms with van der Waals surface area (Å²) < 4.78 is 62.5. The largest absolute Gasteiger partial charge is 0.422 e. The summed E-state index contributed by atoms with van der Waals surface area (Å²) in [5, 5.41) is 0. The molecule has 1 nitrogen and oxygen atoms in total. The van der Waals surface area contributed by atoms with E-state index in [0.717, 1.165) is 6.08 Å². The van der Waals surface area contributed by atoms with Gasteiger partial charge in [0.15, 0.2) is 5.82 Å². The Bertz CT molecular complexity index is 408. The van der Waals surface area contributed by atoms with Gasteiger partial charge >= 0.3 is 6.18 Å². The number of anilines is 1. The second-order valence-corrected chi connectivity index (χ2v) is 2.75. The minimum absolute atomic E-state index is 0.210. The van der Waals surface area contributed by atoms with E-state index in [0.29, 0.717) is 6.07 Å². The van der Waals surface area contributed by atoms with Gasteiger partial charge in [0.2, 0.25) is 0 Å². The lowest BCUT2D eigenvalue weighted by atomic mass is 10.1. The molecule has 0 saturated carbocycles. The number of hydrogen-bond donors (Lipinski definition) is 1. The van der Waals surface area contributed by atoms with Gasteiger partial charge in [-0.3, -0.25) is 0 Å². The van der Waals surface area contributed by atoms with Crippen LogP contribution in [0.4, 0.5) is 27.6 Å². The molecule has 1 aromatic carbocycles. The molecule has 2 N–H and O–H groups in total. The van der Waals surface area contributed by atoms with Crippen molar-refractivity contribution in [3.8, 4) is 0 Å². The summed E-state index contributed by atoms with van der Waals surface area (Å²) in [6.07, 6.45) is -4.14. The lowest BCUT2D eigenvalue weighted by Gasteiger charge is -2.12. The van der Waals surface area contributed by atoms with Crippen LogP contribution in [0.2, 0.25) is 0 Å². The quantitative estimate of drug-likeness (QED) is 0.574. The molecule has 0 radical (unpaired) electrons. The number of nitrogens with two attached hydrogens (primary N) is 1. The van der Waals surface area contributed by atoms with E-state index in [-0.39, 0.29) is 5.56 Å². The van der Waals surface area contributed by atoms with Crippen molar-refractivity contribution in [2.24, 2.45) is 0 Å². The van der Waals surface area contributed by atoms with Crippen LogP contribution in [-0.2, 0) is 6.18 Å². The molecule has 0 fully saturated rings. The highest BCUT2D eigenvalue weighted by atomic mass is 19.4. The van der Waals surface area contributed by atoms with E-state index in [4.69, 9.17) is 5.73 Å². The zero-order chi connectivity index (χ0) is 11.8. The summed E-state index contributed by atoms with van der Waals surface area (Å²) in [6, 6.07) is 0.494. The maximum atomic E-state index is 13.1. The Balaban J connectivity index is 3.57. The Morgan fingerprint density at radius 2 is 1.80 bits per heavy atom. The molecule has 1 aromatic rings. The Morgan fingerprint density at radius 1 is 1.27 bits per heavy atom. The number of alkyl halides is 3. The van der Waals surface area contributed by atoms with Gasteiger partial charge in [0.05, 0.1) is 5.69 Å². The summed E-state index contributed by atoms with van der Waals surface area (Å²) in [6.45, 7) is 3.17. The van der Waals surface area contributed by atoms with Gasteiger partial charge in [0.1, 0.15) is 11.4 Å². The molecule has 0 saturated heterocycles. The van der Waals surface area contributed by atoms with Gasteiger partial charge in [-0.1, -0.05) is 12.7 Å². The molecular formula is C9H6F5N. The van der Waals surface area contributed by atoms with E-state index >= 15 is 0 Å². The first-order valence-electron chi connectivity index (χ1n) is 3.76. The molecule has 0 aliphatic carbocycles. The molecule has 0 aliphatic heterocycles. The molecule has 0 heterocycles. The van der Waals surface area contributed by atoms with Crippen LogP contribution < -0.4 is 5.73 Å². The van der Waals surface area contributed by atoms with Crippen molar-refractivity contribution in [1.82, 2.24) is 0 Å². The minimum Gasteiger partial charge on any atom is -0.396 e. The topological polar surface area (TPSA) is 26.0 Å². The standard InChI is InChI=1S/C9H6F5N/c1-2-4-3-5(10)6(9(12,13)14)7(11)8(4)15/h2-3H,1,15H2. The van der Waals surface area contributed by atoms with E-state index in [2.05, 4.69) is 6.58 Å². The highest BCUT2D eigenvalue weighted by molar-refractivity contribution is 5.65. The second kappa shape index (κ2) is 3.52. The van der Waals surface area contributed by atoms with Gasteiger partial charge in [-0.25, -0.2) is 8.78 Å². The van der Waals surface area contributed by atoms with Crippen LogP contribution in [0.25, 0.3) is 6.08 Å². The molecule has 0 aliphatic rings. The van der Waals surface area contributed by atoms with Gasteiger partial charge in [-0.15, -0.1) is 0 Å². The fourth-order valence-corrected chi connectivity index (χ4v) is 1.08. The zero-order valence-corrected chi connectivity index (χ0v) is 7.33. The first-order valence-corrected chi connectivity index (χ1v) is 3.76. The lowest BCUT2D eigenvalue weighted by Crippen LogP contribution is -2.14. The van der Waals surface area contributed by atoms with Crippen LogP contribution in [-0.4, -0.2) is 0 Å². The first kappa shape index (κ1) is 11.5. The molecule has 0 unspecified atom stereocenters. The Hall–Kier alpha value is -1.59. The Morgan fingerprint density at radius 3 is 2.20 bits per heavy atom. The molecule has 0 amide bonds. The summed E-state index contributed by atoms with van der Waals surface area (Å²) in [7, 11) is 0. The molecule has 0 spiro atoms. The highest BCUT2D eigenvalue weighted by Crippen LogP contribution is 2.36. The summed E-state index contributed by atoms with van der Waals surface area (Å²) in [4.78, 5) is 0. The van der Waals surface area contributed by atoms with E-state index in [1.165, 1.54) is 0 Å². The van der Waals surface area contributed by atoms with Crippen LogP contribution in [0, 0.1) is 11.6 Å². The number of hydrogen-bond acceptors (Lipinski definition) is 1. The third-order valence-corrected chi connectivity index (χ3v) is 1.79. The van der Waals surface area contributed by atoms with Gasteiger partial charge in [-0.2, -0.15) is 13.2 Å². The van der Waals surface area contributed by atoms with Crippen molar-refractivity contribution < 1.29 is 22.0 Å². The Labute approximate surface area is 82.0 Å². The van der Waals surface area contributed by atoms with Gasteiger partial charge in [0, 0.05) is 5.56 Å². The van der Waals surface area contributed by atoms with Crippen molar-refractivity contribution in [3.05, 3.63) is 35.4 Å². The normalized spacial score (nSPS) is 11.5. The monoisotopic (exact) mass is 223 g/mol. The average molecular weight is 223 g/mol. The molecule has 0 aromatic heterocycles. The molecule has 82 valence electrons. The molecule has 0 bridgehead atoms. The van der Waals surface area contributed by atoms with E-state index in [9.17, 15) is 22.0 Å². The predicted octanol–water partition coefficient (Wildman–Crippen LogP) is 3.21. The average Bonchev–Trinajstić information content (AvgIpc) is 2.09. The fraction of sp³-hybridized carbons (Fsp3) is 0.111. The summed E-state index contributed by atoms with van der Waals surface area (Å²) in [5.41, 5.74) is 2.09. The smallest absolute Gasteiger partial charge is 0.396 e. The van der Waals surface area contributed by atoms with Gasteiger partial charge < -0.3 is 5.73 Å². The predicted molar refractivity (Wildman–Crippen MR) is 45.9 cm³/mol. The van der Waals surface area contributed by atoms with Gasteiger partial charge in [-0.05, 0) is 6.07 Å². The van der Waals surface area contributed by atoms with E-state index in [1.807, 2.05) is 0 Å². The first-order chi connectivity index (χ1) is 6.79. The van der Waals surface area contributed by atoms with E-state index in [1.54, 1.807) is 0 Å². The van der Waals surface area contributed by atoms with Gasteiger partial charge in [0.25, 0.3) is 0 Å². The van der Waals surface area contributed by atoms with Crippen LogP contribution in [0.3, 0.4) is 0 Å². The van der Waals surface area contributed by atoms with Crippen LogP contribution in [0.1, 0.15) is 11.1 Å². The van der Waals surface area contributed by atoms with Crippen molar-refractivity contribution in [1.29, 1.82) is 0 Å².